The number of pyridine rings is 1. The van der Waals surface area contributed by atoms with Crippen molar-refractivity contribution in [2.75, 3.05) is 152 Å². The first-order valence-corrected chi connectivity index (χ1v) is 32.7. The molecule has 516 valence electrons. The van der Waals surface area contributed by atoms with E-state index in [4.69, 9.17) is 9.47 Å². The largest absolute Gasteiger partial charge is 0.494 e. The molecule has 0 radical (unpaired) electrons. The lowest BCUT2D eigenvalue weighted by Crippen LogP contribution is -2.58. The number of hydrogen-bond acceptors (Lipinski definition) is 19. The Morgan fingerprint density at radius 3 is 1.91 bits per heavy atom. The molecule has 2 aromatic carbocycles. The highest BCUT2D eigenvalue weighted by Gasteiger charge is 2.46. The van der Waals surface area contributed by atoms with Gasteiger partial charge in [-0.1, -0.05) is 12.1 Å². The maximum absolute atomic E-state index is 14.5. The molecule has 6 amide bonds. The molecule has 3 aromatic rings. The number of esters is 1. The molecule has 0 aliphatic carbocycles. The first kappa shape index (κ1) is 75.4. The highest BCUT2D eigenvalue weighted by Crippen LogP contribution is 2.31. The fraction of sp³-hybridized carbons (Fsp3) is 0.587. The molecule has 0 spiro atoms. The molecule has 3 fully saturated rings. The Balaban J connectivity index is 1.04. The highest BCUT2D eigenvalue weighted by atomic mass is 127. The average molecular weight is 1430 g/mol. The van der Waals surface area contributed by atoms with Crippen molar-refractivity contribution < 1.29 is 81.5 Å². The first-order valence-electron chi connectivity index (χ1n) is 31.6. The van der Waals surface area contributed by atoms with E-state index in [-0.39, 0.29) is 116 Å². The number of halogens is 3. The van der Waals surface area contributed by atoms with Gasteiger partial charge in [0.15, 0.2) is 0 Å². The number of carbonyl (C=O) groups excluding carboxylic acids is 7. The molecule has 0 bridgehead atoms. The van der Waals surface area contributed by atoms with Crippen LogP contribution in [0, 0.1) is 3.57 Å². The summed E-state index contributed by atoms with van der Waals surface area (Å²) in [4.78, 5) is 150. The smallest absolute Gasteiger partial charge is 0.317 e. The summed E-state index contributed by atoms with van der Waals surface area (Å²) in [5, 5.41) is 40.5. The van der Waals surface area contributed by atoms with Gasteiger partial charge in [0.05, 0.1) is 76.5 Å². The fourth-order valence-electron chi connectivity index (χ4n) is 11.3. The van der Waals surface area contributed by atoms with Crippen LogP contribution in [0.15, 0.2) is 59.7 Å². The van der Waals surface area contributed by atoms with Gasteiger partial charge in [0.2, 0.25) is 29.5 Å². The van der Waals surface area contributed by atoms with Gasteiger partial charge in [-0.15, -0.1) is 0 Å². The molecular weight excluding hydrogens is 1340 g/mol. The predicted molar refractivity (Wildman–Crippen MR) is 349 cm³/mol. The number of nitrogens with one attached hydrogen (secondary N) is 4. The van der Waals surface area contributed by atoms with E-state index < -0.39 is 103 Å². The van der Waals surface area contributed by atoms with Gasteiger partial charge in [0.25, 0.3) is 11.8 Å². The second kappa shape index (κ2) is 38.7. The Hall–Kier alpha value is -7.59. The number of carboxylic acids is 3. The lowest BCUT2D eigenvalue weighted by Gasteiger charge is -2.36. The van der Waals surface area contributed by atoms with E-state index >= 15 is 0 Å². The van der Waals surface area contributed by atoms with Crippen LogP contribution in [-0.4, -0.2) is 296 Å². The van der Waals surface area contributed by atoms with Crippen LogP contribution in [-0.2, 0) is 54.3 Å². The molecule has 1 aromatic heterocycles. The summed E-state index contributed by atoms with van der Waals surface area (Å²) >= 11 is 2.23. The van der Waals surface area contributed by atoms with Crippen molar-refractivity contribution in [2.24, 2.45) is 4.99 Å². The maximum Gasteiger partial charge on any atom is 0.317 e. The normalized spacial score (nSPS) is 17.9. The molecule has 3 aliphatic rings. The summed E-state index contributed by atoms with van der Waals surface area (Å²) in [6.07, 6.45) is 5.53. The van der Waals surface area contributed by atoms with Gasteiger partial charge in [-0.3, -0.25) is 82.4 Å². The number of alkyl halides is 2. The number of carbonyl (C=O) groups is 10. The van der Waals surface area contributed by atoms with Gasteiger partial charge in [-0.25, -0.2) is 8.78 Å². The molecule has 94 heavy (non-hydrogen) atoms. The number of carboxylic acid groups (broad SMARTS) is 3. The number of fused-ring (bicyclic) bond motifs is 1. The van der Waals surface area contributed by atoms with Crippen molar-refractivity contribution in [2.45, 2.75) is 88.3 Å². The Kier molecular flexibility index (Phi) is 31.1. The Morgan fingerprint density at radius 2 is 1.32 bits per heavy atom. The molecule has 4 heterocycles. The van der Waals surface area contributed by atoms with Gasteiger partial charge < -0.3 is 55.9 Å². The Bertz CT molecular complexity index is 3060. The summed E-state index contributed by atoms with van der Waals surface area (Å²) in [6, 6.07) is 11.1. The SMILES string of the molecule is C/N=C/[C@H]1CC(F)(F)CN1C(=O)CNC(=O)c1ccnc2ccc(OCCCCN3CCN(C(=O)[C@H](CC(=O)OC)NC(=O)[C@H](CCCCNC(=O)CCCc4ccc(I)cc4)NC(=O)CN4CCN(CC(=O)O)CCN(CC(=O)O)CCN(CC(=O)O)CC4)CC3)cc12. The fourth-order valence-corrected chi connectivity index (χ4v) is 11.7. The second-order valence-corrected chi connectivity index (χ2v) is 24.8. The summed E-state index contributed by atoms with van der Waals surface area (Å²) in [7, 11) is 2.59. The predicted octanol–water partition coefficient (Wildman–Crippen LogP) is 1.13. The maximum atomic E-state index is 14.5. The van der Waals surface area contributed by atoms with E-state index in [0.717, 1.165) is 27.6 Å². The van der Waals surface area contributed by atoms with Gasteiger partial charge >= 0.3 is 23.9 Å². The number of nitrogens with zero attached hydrogens (tertiary/aromatic N) is 9. The van der Waals surface area contributed by atoms with Crippen molar-refractivity contribution in [3.63, 3.8) is 0 Å². The number of aliphatic imine (C=N–C) groups is 1. The highest BCUT2D eigenvalue weighted by molar-refractivity contribution is 14.1. The molecule has 28 nitrogen and oxygen atoms in total. The van der Waals surface area contributed by atoms with Crippen LogP contribution in [0.25, 0.3) is 10.9 Å². The minimum atomic E-state index is -3.07. The number of likely N-dealkylation sites (tertiary alicyclic amines) is 1. The zero-order valence-electron chi connectivity index (χ0n) is 53.3. The number of aliphatic carboxylic acids is 3. The summed E-state index contributed by atoms with van der Waals surface area (Å²) in [6.45, 7) is 1.33. The average Bonchev–Trinajstić information content (AvgIpc) is 1.20. The minimum Gasteiger partial charge on any atom is -0.494 e. The molecule has 3 atom stereocenters. The van der Waals surface area contributed by atoms with E-state index in [0.29, 0.717) is 81.4 Å². The van der Waals surface area contributed by atoms with E-state index in [1.807, 2.05) is 24.3 Å². The quantitative estimate of drug-likeness (QED) is 0.0194. The number of piperazine rings is 1. The van der Waals surface area contributed by atoms with Crippen molar-refractivity contribution in [3.8, 4) is 5.75 Å². The summed E-state index contributed by atoms with van der Waals surface area (Å²) in [5.74, 6) is -9.99. The van der Waals surface area contributed by atoms with Gasteiger partial charge in [0.1, 0.15) is 17.8 Å². The topological polar surface area (TPSA) is 346 Å². The third kappa shape index (κ3) is 26.3. The number of benzene rings is 2. The zero-order valence-corrected chi connectivity index (χ0v) is 55.5. The third-order valence-corrected chi connectivity index (χ3v) is 17.1. The Morgan fingerprint density at radius 1 is 0.713 bits per heavy atom. The van der Waals surface area contributed by atoms with Crippen molar-refractivity contribution in [1.82, 2.24) is 60.6 Å². The molecule has 7 N–H and O–H groups in total. The standard InChI is InChI=1S/C63H88F2IN13O15/c1-67-37-46-36-63(64,65)43-79(46)55(82)38-70-60(90)48-17-19-68-50-16-15-47(34-49(48)50)94-33-6-5-20-73-29-31-78(32-30-73)62(92)52(35-59(89)93-2)72-61(91)51(9-3-4-18-69-53(80)10-7-8-44-11-13-45(66)14-12-44)71-54(81)39-74-21-23-75(40-56(83)84)25-27-77(42-58(87)88)28-26-76(24-22-74)41-57(85)86/h11-17,19,34,37,46,51-52H,3-10,18,20-33,35-36,38-43H2,1-2H3,(H,69,80)(H,70,90)(H,71,81)(H,72,91)(H,83,84)(H,85,86)(H,87,88)/b67-37+/t46-,51+,52+/m1/s1. The number of aromatic nitrogens is 1. The van der Waals surface area contributed by atoms with Gasteiger partial charge in [-0.05, 0) is 116 Å². The van der Waals surface area contributed by atoms with Crippen molar-refractivity contribution in [3.05, 3.63) is 69.4 Å². The van der Waals surface area contributed by atoms with Crippen LogP contribution in [0.1, 0.15) is 73.7 Å². The lowest BCUT2D eigenvalue weighted by atomic mass is 10.1. The van der Waals surface area contributed by atoms with Crippen molar-refractivity contribution in [1.29, 1.82) is 0 Å². The number of ether oxygens (including phenoxy) is 2. The molecule has 3 saturated heterocycles. The van der Waals surface area contributed by atoms with Crippen LogP contribution >= 0.6 is 22.6 Å². The number of unbranched alkanes of at least 4 members (excludes halogenated alkanes) is 2. The van der Waals surface area contributed by atoms with E-state index in [1.54, 1.807) is 42.7 Å². The molecule has 3 aliphatic heterocycles. The van der Waals surface area contributed by atoms with E-state index in [2.05, 4.69) is 58.7 Å². The first-order chi connectivity index (χ1) is 45.0. The molecular formula is C63H88F2IN13O15. The molecule has 0 unspecified atom stereocenters. The number of amides is 6. The van der Waals surface area contributed by atoms with E-state index in [9.17, 15) is 72.0 Å². The van der Waals surface area contributed by atoms with Crippen molar-refractivity contribution >= 4 is 99.0 Å². The zero-order chi connectivity index (χ0) is 68.2. The van der Waals surface area contributed by atoms with Gasteiger partial charge in [-0.2, -0.15) is 0 Å². The number of rotatable bonds is 33. The lowest BCUT2D eigenvalue weighted by molar-refractivity contribution is -0.147. The second-order valence-electron chi connectivity index (χ2n) is 23.6. The summed E-state index contributed by atoms with van der Waals surface area (Å²) in [5.41, 5.74) is 1.83. The van der Waals surface area contributed by atoms with E-state index in [1.165, 1.54) is 25.5 Å². The van der Waals surface area contributed by atoms with Crippen LogP contribution < -0.4 is 26.0 Å². The van der Waals surface area contributed by atoms with Crippen LogP contribution in [0.3, 0.4) is 0 Å². The summed E-state index contributed by atoms with van der Waals surface area (Å²) < 4.78 is 40.5. The third-order valence-electron chi connectivity index (χ3n) is 16.4. The minimum absolute atomic E-state index is 0.0600. The number of hydrogen-bond donors (Lipinski definition) is 7. The molecule has 0 saturated carbocycles. The van der Waals surface area contributed by atoms with Crippen LogP contribution in [0.4, 0.5) is 8.78 Å². The van der Waals surface area contributed by atoms with Crippen LogP contribution in [0.2, 0.25) is 0 Å². The monoisotopic (exact) mass is 1430 g/mol. The molecule has 6 rings (SSSR count). The Labute approximate surface area is 558 Å². The number of methoxy groups -OCH3 is 1. The molecule has 31 heteroatoms. The number of aryl methyl sites for hydroxylation is 1. The van der Waals surface area contributed by atoms with Crippen LogP contribution in [0.5, 0.6) is 5.75 Å². The van der Waals surface area contributed by atoms with Gasteiger partial charge in [0, 0.05) is 126 Å².